The lowest BCUT2D eigenvalue weighted by Gasteiger charge is -2.25. The molecule has 1 amide bonds. The summed E-state index contributed by atoms with van der Waals surface area (Å²) in [5.41, 5.74) is 0.369. The Morgan fingerprint density at radius 1 is 1.50 bits per heavy atom. The molecule has 0 bridgehead atoms. The lowest BCUT2D eigenvalue weighted by atomic mass is 10.00. The second-order valence-corrected chi connectivity index (χ2v) is 3.81. The zero-order valence-corrected chi connectivity index (χ0v) is 10.5. The van der Waals surface area contributed by atoms with Gasteiger partial charge in [0, 0.05) is 24.5 Å². The van der Waals surface area contributed by atoms with Gasteiger partial charge in [-0.15, -0.1) is 0 Å². The molecule has 1 aliphatic heterocycles. The zero-order chi connectivity index (χ0) is 13.5. The number of aldehydes is 1. The molecule has 6 nitrogen and oxygen atoms in total. The predicted molar refractivity (Wildman–Crippen MR) is 62.5 cm³/mol. The Morgan fingerprint density at radius 3 is 2.72 bits per heavy atom. The highest BCUT2D eigenvalue weighted by atomic mass is 16.6. The summed E-state index contributed by atoms with van der Waals surface area (Å²) in [5, 5.41) is 0. The molecule has 1 saturated heterocycles. The highest BCUT2D eigenvalue weighted by Crippen LogP contribution is 2.31. The van der Waals surface area contributed by atoms with Crippen molar-refractivity contribution in [2.75, 3.05) is 19.8 Å². The third-order valence-corrected chi connectivity index (χ3v) is 2.76. The molecule has 1 heterocycles. The van der Waals surface area contributed by atoms with Crippen LogP contribution in [0.1, 0.15) is 20.3 Å². The van der Waals surface area contributed by atoms with Gasteiger partial charge in [-0.3, -0.25) is 4.90 Å². The van der Waals surface area contributed by atoms with Crippen LogP contribution in [0.4, 0.5) is 4.79 Å². The first kappa shape index (κ1) is 14.4. The molecule has 0 saturated carbocycles. The second-order valence-electron chi connectivity index (χ2n) is 3.81. The topological polar surface area (TPSA) is 72.9 Å². The number of rotatable bonds is 5. The van der Waals surface area contributed by atoms with Gasteiger partial charge in [0.15, 0.2) is 0 Å². The molecule has 0 aromatic rings. The van der Waals surface area contributed by atoms with Gasteiger partial charge in [0.2, 0.25) is 0 Å². The summed E-state index contributed by atoms with van der Waals surface area (Å²) in [5.74, 6) is 1.37. The Labute approximate surface area is 106 Å². The number of hydrogen-bond acceptors (Lipinski definition) is 5. The fourth-order valence-corrected chi connectivity index (χ4v) is 2.00. The minimum atomic E-state index is -0.629. The van der Waals surface area contributed by atoms with Gasteiger partial charge >= 0.3 is 6.09 Å². The summed E-state index contributed by atoms with van der Waals surface area (Å²) in [6, 6.07) is 0. The van der Waals surface area contributed by atoms with E-state index < -0.39 is 18.2 Å². The summed E-state index contributed by atoms with van der Waals surface area (Å²) >= 11 is 0. The molecule has 1 rings (SSSR count). The van der Waals surface area contributed by atoms with Crippen molar-refractivity contribution in [3.63, 3.8) is 0 Å². The van der Waals surface area contributed by atoms with Crippen LogP contribution in [-0.4, -0.2) is 49.2 Å². The number of ether oxygens (including phenoxy) is 2. The molecule has 1 aliphatic rings. The van der Waals surface area contributed by atoms with E-state index in [9.17, 15) is 14.4 Å². The minimum absolute atomic E-state index is 0.103. The first-order valence-electron chi connectivity index (χ1n) is 5.92. The maximum Gasteiger partial charge on any atom is 0.412 e. The lowest BCUT2D eigenvalue weighted by molar-refractivity contribution is -0.110. The first-order chi connectivity index (χ1) is 8.69. The summed E-state index contributed by atoms with van der Waals surface area (Å²) < 4.78 is 10.3. The summed E-state index contributed by atoms with van der Waals surface area (Å²) in [6.45, 7) is 4.20. The van der Waals surface area contributed by atoms with E-state index in [2.05, 4.69) is 0 Å². The van der Waals surface area contributed by atoms with Crippen molar-refractivity contribution in [2.45, 2.75) is 26.5 Å². The molecule has 0 aliphatic carbocycles. The SMILES string of the molecule is CCOC(=O)N1CC(=C=O)C(CC=O)C1OCC. The fraction of sp³-hybridized carbons (Fsp3) is 0.667. The number of likely N-dealkylation sites (tertiary alicyclic amines) is 1. The van der Waals surface area contributed by atoms with Gasteiger partial charge in [0.1, 0.15) is 18.5 Å². The maximum absolute atomic E-state index is 11.7. The molecule has 18 heavy (non-hydrogen) atoms. The van der Waals surface area contributed by atoms with Crippen molar-refractivity contribution in [2.24, 2.45) is 5.92 Å². The monoisotopic (exact) mass is 255 g/mol. The largest absolute Gasteiger partial charge is 0.450 e. The minimum Gasteiger partial charge on any atom is -0.450 e. The maximum atomic E-state index is 11.7. The molecule has 100 valence electrons. The van der Waals surface area contributed by atoms with Gasteiger partial charge in [-0.2, -0.15) is 0 Å². The quantitative estimate of drug-likeness (QED) is 0.536. The Morgan fingerprint density at radius 2 is 2.22 bits per heavy atom. The number of carbonyl (C=O) groups is 2. The Balaban J connectivity index is 2.93. The van der Waals surface area contributed by atoms with Crippen LogP contribution in [-0.2, 0) is 19.1 Å². The van der Waals surface area contributed by atoms with Crippen LogP contribution in [0.5, 0.6) is 0 Å². The summed E-state index contributed by atoms with van der Waals surface area (Å²) in [4.78, 5) is 34.6. The molecule has 0 spiro atoms. The van der Waals surface area contributed by atoms with Crippen LogP contribution in [0.2, 0.25) is 0 Å². The van der Waals surface area contributed by atoms with Crippen molar-refractivity contribution in [3.8, 4) is 0 Å². The predicted octanol–water partition coefficient (Wildman–Crippen LogP) is 0.784. The molecule has 2 unspecified atom stereocenters. The van der Waals surface area contributed by atoms with Crippen LogP contribution in [0.15, 0.2) is 5.57 Å². The van der Waals surface area contributed by atoms with Crippen LogP contribution in [0.25, 0.3) is 0 Å². The molecule has 0 aromatic heterocycles. The number of carbonyl (C=O) groups excluding carboxylic acids is 3. The van der Waals surface area contributed by atoms with E-state index in [-0.39, 0.29) is 19.6 Å². The molecule has 2 atom stereocenters. The normalized spacial score (nSPS) is 22.8. The third-order valence-electron chi connectivity index (χ3n) is 2.76. The van der Waals surface area contributed by atoms with Gasteiger partial charge in [-0.25, -0.2) is 9.59 Å². The van der Waals surface area contributed by atoms with E-state index >= 15 is 0 Å². The first-order valence-corrected chi connectivity index (χ1v) is 5.92. The molecular formula is C12H17NO5. The van der Waals surface area contributed by atoms with Gasteiger partial charge in [-0.1, -0.05) is 0 Å². The van der Waals surface area contributed by atoms with E-state index in [1.807, 2.05) is 0 Å². The summed E-state index contributed by atoms with van der Waals surface area (Å²) in [7, 11) is 0. The Bertz CT molecular complexity index is 361. The van der Waals surface area contributed by atoms with Crippen molar-refractivity contribution in [3.05, 3.63) is 5.57 Å². The van der Waals surface area contributed by atoms with Gasteiger partial charge in [0.05, 0.1) is 13.2 Å². The molecule has 0 radical (unpaired) electrons. The molecule has 0 N–H and O–H groups in total. The van der Waals surface area contributed by atoms with Crippen LogP contribution in [0.3, 0.4) is 0 Å². The smallest absolute Gasteiger partial charge is 0.412 e. The van der Waals surface area contributed by atoms with E-state index in [1.54, 1.807) is 19.8 Å². The van der Waals surface area contributed by atoms with E-state index in [0.29, 0.717) is 18.5 Å². The van der Waals surface area contributed by atoms with E-state index in [0.717, 1.165) is 0 Å². The van der Waals surface area contributed by atoms with Crippen LogP contribution in [0, 0.1) is 5.92 Å². The van der Waals surface area contributed by atoms with E-state index in [4.69, 9.17) is 9.47 Å². The van der Waals surface area contributed by atoms with Crippen molar-refractivity contribution < 1.29 is 23.9 Å². The zero-order valence-electron chi connectivity index (χ0n) is 10.5. The van der Waals surface area contributed by atoms with Crippen molar-refractivity contribution in [1.82, 2.24) is 4.90 Å². The highest BCUT2D eigenvalue weighted by molar-refractivity contribution is 5.71. The average molecular weight is 255 g/mol. The molecular weight excluding hydrogens is 238 g/mol. The van der Waals surface area contributed by atoms with Gasteiger partial charge in [0.25, 0.3) is 0 Å². The van der Waals surface area contributed by atoms with Crippen molar-refractivity contribution in [1.29, 1.82) is 0 Å². The van der Waals surface area contributed by atoms with Crippen LogP contribution >= 0.6 is 0 Å². The number of amides is 1. The van der Waals surface area contributed by atoms with Crippen LogP contribution < -0.4 is 0 Å². The Kier molecular flexibility index (Phi) is 5.55. The number of nitrogens with zero attached hydrogens (tertiary/aromatic N) is 1. The standard InChI is InChI=1S/C12H17NO5/c1-3-17-11-10(5-6-14)9(8-15)7-13(11)12(16)18-4-2/h6,10-11H,3-5,7H2,1-2H3. The van der Waals surface area contributed by atoms with E-state index in [1.165, 1.54) is 4.90 Å². The second kappa shape index (κ2) is 6.93. The van der Waals surface area contributed by atoms with Crippen molar-refractivity contribution >= 4 is 18.3 Å². The molecule has 1 fully saturated rings. The third kappa shape index (κ3) is 2.97. The lowest BCUT2D eigenvalue weighted by Crippen LogP contribution is -2.40. The fourth-order valence-electron chi connectivity index (χ4n) is 2.00. The number of hydrogen-bond donors (Lipinski definition) is 0. The molecule has 0 aromatic carbocycles. The highest BCUT2D eigenvalue weighted by Gasteiger charge is 2.42. The summed E-state index contributed by atoms with van der Waals surface area (Å²) in [6.07, 6.45) is -0.332. The van der Waals surface area contributed by atoms with Gasteiger partial charge < -0.3 is 14.3 Å². The molecule has 6 heteroatoms. The average Bonchev–Trinajstić information content (AvgIpc) is 2.69. The Hall–Kier alpha value is -1.65. The van der Waals surface area contributed by atoms with Gasteiger partial charge in [-0.05, 0) is 13.8 Å².